The zero-order valence-electron chi connectivity index (χ0n) is 20.5. The Kier molecular flexibility index (Phi) is 5.61. The van der Waals surface area contributed by atoms with Gasteiger partial charge in [-0.1, -0.05) is 42.4 Å². The predicted octanol–water partition coefficient (Wildman–Crippen LogP) is 6.43. The zero-order chi connectivity index (χ0) is 23.9. The number of nitrogens with zero attached hydrogens (tertiary/aromatic N) is 4. The fraction of sp³-hybridized carbons (Fsp3) is 0.345. The topological polar surface area (TPSA) is 66.0 Å². The number of hydrogen-bond donors (Lipinski definition) is 0. The molecule has 0 aliphatic carbocycles. The molecule has 178 valence electrons. The van der Waals surface area contributed by atoms with E-state index in [-0.39, 0.29) is 6.04 Å². The highest BCUT2D eigenvalue weighted by Crippen LogP contribution is 2.41. The maximum Gasteiger partial charge on any atom is 0.143 e. The number of benzene rings is 1. The second-order valence-corrected chi connectivity index (χ2v) is 9.49. The number of aromatic nitrogens is 4. The highest BCUT2D eigenvalue weighted by atomic mass is 16.5. The van der Waals surface area contributed by atoms with E-state index in [0.29, 0.717) is 5.92 Å². The molecule has 5 aromatic rings. The van der Waals surface area contributed by atoms with E-state index in [1.165, 1.54) is 5.56 Å². The highest BCUT2D eigenvalue weighted by Gasteiger charge is 2.31. The first-order chi connectivity index (χ1) is 17.2. The lowest BCUT2D eigenvalue weighted by molar-refractivity contribution is 0.0552. The molecule has 1 atom stereocenters. The Labute approximate surface area is 204 Å². The second-order valence-electron chi connectivity index (χ2n) is 9.49. The number of pyridine rings is 2. The lowest BCUT2D eigenvalue weighted by Crippen LogP contribution is -2.27. The van der Waals surface area contributed by atoms with Gasteiger partial charge in [-0.25, -0.2) is 4.98 Å². The zero-order valence-corrected chi connectivity index (χ0v) is 20.5. The van der Waals surface area contributed by atoms with Gasteiger partial charge in [0.15, 0.2) is 0 Å². The maximum absolute atomic E-state index is 5.75. The van der Waals surface area contributed by atoms with Crippen LogP contribution in [0.4, 0.5) is 0 Å². The predicted molar refractivity (Wildman–Crippen MR) is 138 cm³/mol. The van der Waals surface area contributed by atoms with Crippen LogP contribution in [0.1, 0.15) is 48.5 Å². The molecular formula is C29H30N4O2. The number of aryl methyl sites for hydroxylation is 3. The van der Waals surface area contributed by atoms with Crippen LogP contribution < -0.4 is 0 Å². The molecule has 4 aromatic heterocycles. The maximum atomic E-state index is 5.75. The third kappa shape index (κ3) is 3.73. The van der Waals surface area contributed by atoms with Crippen LogP contribution in [0, 0.1) is 19.8 Å². The van der Waals surface area contributed by atoms with Crippen molar-refractivity contribution in [1.29, 1.82) is 0 Å². The Morgan fingerprint density at radius 2 is 1.86 bits per heavy atom. The van der Waals surface area contributed by atoms with Gasteiger partial charge >= 0.3 is 0 Å². The Hall–Kier alpha value is -3.51. The van der Waals surface area contributed by atoms with Crippen molar-refractivity contribution >= 4 is 22.1 Å². The molecule has 1 unspecified atom stereocenters. The molecule has 0 radical (unpaired) electrons. The van der Waals surface area contributed by atoms with Crippen LogP contribution >= 0.6 is 0 Å². The molecule has 0 saturated carbocycles. The Morgan fingerprint density at radius 1 is 1.06 bits per heavy atom. The average Bonchev–Trinajstić information content (AvgIpc) is 3.41. The minimum Gasteiger partial charge on any atom is -0.381 e. The van der Waals surface area contributed by atoms with E-state index in [1.54, 1.807) is 0 Å². The summed E-state index contributed by atoms with van der Waals surface area (Å²) in [4.78, 5) is 10.2. The molecule has 5 heterocycles. The summed E-state index contributed by atoms with van der Waals surface area (Å²) in [5, 5.41) is 5.27. The first-order valence-corrected chi connectivity index (χ1v) is 12.5. The molecule has 1 fully saturated rings. The summed E-state index contributed by atoms with van der Waals surface area (Å²) in [5.74, 6) is 1.25. The third-order valence-corrected chi connectivity index (χ3v) is 7.36. The Balaban J connectivity index is 1.68. The Morgan fingerprint density at radius 3 is 2.57 bits per heavy atom. The summed E-state index contributed by atoms with van der Waals surface area (Å²) in [7, 11) is 0. The van der Waals surface area contributed by atoms with Crippen molar-refractivity contribution in [3.8, 4) is 11.1 Å². The van der Waals surface area contributed by atoms with Gasteiger partial charge in [0.1, 0.15) is 11.4 Å². The minimum absolute atomic E-state index is 0.140. The molecule has 0 amide bonds. The molecular weight excluding hydrogens is 436 g/mol. The quantitative estimate of drug-likeness (QED) is 0.298. The van der Waals surface area contributed by atoms with Crippen LogP contribution in [-0.2, 0) is 11.2 Å². The fourth-order valence-corrected chi connectivity index (χ4v) is 5.64. The van der Waals surface area contributed by atoms with Crippen molar-refractivity contribution in [2.45, 2.75) is 46.1 Å². The van der Waals surface area contributed by atoms with Gasteiger partial charge in [0.05, 0.1) is 22.8 Å². The number of fused-ring (bicyclic) bond motifs is 3. The van der Waals surface area contributed by atoms with E-state index in [4.69, 9.17) is 19.2 Å². The normalized spacial score (nSPS) is 15.7. The SMILES string of the molecule is CCc1ccc2c3ncc(-c4c(C)noc4C)cc3n(C(c3ccccc3)C3CCOCC3)c2n1. The minimum atomic E-state index is 0.140. The highest BCUT2D eigenvalue weighted by molar-refractivity contribution is 6.05. The van der Waals surface area contributed by atoms with Gasteiger partial charge in [0, 0.05) is 41.6 Å². The van der Waals surface area contributed by atoms with Gasteiger partial charge < -0.3 is 13.8 Å². The van der Waals surface area contributed by atoms with Crippen molar-refractivity contribution in [1.82, 2.24) is 19.7 Å². The van der Waals surface area contributed by atoms with Crippen LogP contribution in [0.5, 0.6) is 0 Å². The molecule has 0 bridgehead atoms. The summed E-state index contributed by atoms with van der Waals surface area (Å²) in [6.45, 7) is 7.68. The summed E-state index contributed by atoms with van der Waals surface area (Å²) >= 11 is 0. The standard InChI is InChI=1S/C29H30N4O2/c1-4-23-10-11-24-27-25(16-22(17-30-27)26-18(2)32-35-19(26)3)33(29(24)31-23)28(20-8-6-5-7-9-20)21-12-14-34-15-13-21/h5-11,16-17,21,28H,4,12-15H2,1-3H3. The van der Waals surface area contributed by atoms with Crippen molar-refractivity contribution in [2.24, 2.45) is 5.92 Å². The first kappa shape index (κ1) is 22.0. The van der Waals surface area contributed by atoms with Crippen LogP contribution in [0.25, 0.3) is 33.2 Å². The second kappa shape index (κ2) is 8.93. The average molecular weight is 467 g/mol. The molecule has 0 N–H and O–H groups in total. The van der Waals surface area contributed by atoms with Gasteiger partial charge in [-0.05, 0) is 62.8 Å². The van der Waals surface area contributed by atoms with E-state index in [1.807, 2.05) is 20.0 Å². The van der Waals surface area contributed by atoms with Crippen LogP contribution in [0.2, 0.25) is 0 Å². The fourth-order valence-electron chi connectivity index (χ4n) is 5.64. The number of rotatable bonds is 5. The van der Waals surface area contributed by atoms with E-state index >= 15 is 0 Å². The molecule has 1 aliphatic heterocycles. The number of hydrogen-bond acceptors (Lipinski definition) is 5. The molecule has 6 nitrogen and oxygen atoms in total. The summed E-state index contributed by atoms with van der Waals surface area (Å²) in [6.07, 6.45) is 4.87. The van der Waals surface area contributed by atoms with Crippen LogP contribution in [0.3, 0.4) is 0 Å². The molecule has 35 heavy (non-hydrogen) atoms. The van der Waals surface area contributed by atoms with Crippen molar-refractivity contribution in [3.05, 3.63) is 77.4 Å². The third-order valence-electron chi connectivity index (χ3n) is 7.36. The molecule has 6 rings (SSSR count). The van der Waals surface area contributed by atoms with E-state index in [9.17, 15) is 0 Å². The van der Waals surface area contributed by atoms with Gasteiger partial charge in [0.2, 0.25) is 0 Å². The molecule has 1 aliphatic rings. The molecule has 6 heteroatoms. The monoisotopic (exact) mass is 466 g/mol. The molecule has 0 spiro atoms. The van der Waals surface area contributed by atoms with E-state index < -0.39 is 0 Å². The van der Waals surface area contributed by atoms with Gasteiger partial charge in [-0.2, -0.15) is 0 Å². The lowest BCUT2D eigenvalue weighted by Gasteiger charge is -2.32. The van der Waals surface area contributed by atoms with Crippen molar-refractivity contribution in [2.75, 3.05) is 13.2 Å². The smallest absolute Gasteiger partial charge is 0.143 e. The summed E-state index contributed by atoms with van der Waals surface area (Å²) in [5.41, 5.74) is 8.38. The summed E-state index contributed by atoms with van der Waals surface area (Å²) in [6, 6.07) is 17.5. The molecule has 1 saturated heterocycles. The number of ether oxygens (including phenoxy) is 1. The van der Waals surface area contributed by atoms with Crippen LogP contribution in [0.15, 0.2) is 59.3 Å². The van der Waals surface area contributed by atoms with E-state index in [2.05, 4.69) is 65.2 Å². The van der Waals surface area contributed by atoms with Crippen LogP contribution in [-0.4, -0.2) is 32.9 Å². The lowest BCUT2D eigenvalue weighted by atomic mass is 9.86. The first-order valence-electron chi connectivity index (χ1n) is 12.5. The van der Waals surface area contributed by atoms with Gasteiger partial charge in [-0.3, -0.25) is 4.98 Å². The molecule has 1 aromatic carbocycles. The summed E-state index contributed by atoms with van der Waals surface area (Å²) < 4.78 is 13.7. The van der Waals surface area contributed by atoms with Gasteiger partial charge in [-0.15, -0.1) is 0 Å². The van der Waals surface area contributed by atoms with Gasteiger partial charge in [0.25, 0.3) is 0 Å². The van der Waals surface area contributed by atoms with Crippen molar-refractivity contribution < 1.29 is 9.26 Å². The van der Waals surface area contributed by atoms with Crippen molar-refractivity contribution in [3.63, 3.8) is 0 Å². The Bertz CT molecular complexity index is 1480. The van der Waals surface area contributed by atoms with E-state index in [0.717, 1.165) is 82.8 Å². The largest absolute Gasteiger partial charge is 0.381 e.